The Morgan fingerprint density at radius 1 is 1.08 bits per heavy atom. The first kappa shape index (κ1) is 20.3. The maximum absolute atomic E-state index is 5.71. The number of hydrogen-bond acceptors (Lipinski definition) is 2. The van der Waals surface area contributed by atoms with Gasteiger partial charge in [-0.15, -0.1) is 13.2 Å². The van der Waals surface area contributed by atoms with E-state index in [1.54, 1.807) is 14.2 Å². The molecule has 0 bridgehead atoms. The van der Waals surface area contributed by atoms with Crippen molar-refractivity contribution in [1.29, 1.82) is 0 Å². The summed E-state index contributed by atoms with van der Waals surface area (Å²) < 4.78 is 11.4. The molecule has 0 fully saturated rings. The van der Waals surface area contributed by atoms with Crippen LogP contribution in [0.2, 0.25) is 0 Å². The number of methoxy groups -OCH3 is 2. The molecular weight excluding hydrogens is 296 g/mol. The predicted octanol–water partition coefficient (Wildman–Crippen LogP) is 6.31. The summed E-state index contributed by atoms with van der Waals surface area (Å²) in [6.45, 7) is 12.3. The van der Waals surface area contributed by atoms with Gasteiger partial charge in [0.2, 0.25) is 0 Å². The molecule has 0 aliphatic heterocycles. The third-order valence-corrected chi connectivity index (χ3v) is 4.58. The molecule has 1 aromatic carbocycles. The molecule has 0 aliphatic carbocycles. The van der Waals surface area contributed by atoms with Gasteiger partial charge in [-0.25, -0.2) is 0 Å². The molecule has 0 saturated heterocycles. The van der Waals surface area contributed by atoms with Crippen LogP contribution in [0.4, 0.5) is 0 Å². The molecule has 0 unspecified atom stereocenters. The molecule has 0 aromatic heterocycles. The van der Waals surface area contributed by atoms with E-state index in [-0.39, 0.29) is 5.92 Å². The summed E-state index contributed by atoms with van der Waals surface area (Å²) >= 11 is 0. The first-order chi connectivity index (χ1) is 11.6. The van der Waals surface area contributed by atoms with E-state index in [2.05, 4.69) is 39.1 Å². The average molecular weight is 331 g/mol. The summed E-state index contributed by atoms with van der Waals surface area (Å²) in [5.41, 5.74) is 2.40. The number of benzene rings is 1. The summed E-state index contributed by atoms with van der Waals surface area (Å²) in [6, 6.07) is 4.34. The third kappa shape index (κ3) is 5.74. The largest absolute Gasteiger partial charge is 0.496 e. The molecule has 0 aliphatic rings. The van der Waals surface area contributed by atoms with Gasteiger partial charge in [0.1, 0.15) is 11.5 Å². The standard InChI is InChI=1S/C22H34O2/c1-7-10-12-17(4)14-18-15-20(23-5)22(21(16-18)24-6)19(9-3)13-11-8-2/h7,9,15-17,19H,1,3,8,10-14H2,2,4-6H3/t17-,19+/m0/s1. The van der Waals surface area contributed by atoms with Crippen molar-refractivity contribution in [3.05, 3.63) is 48.6 Å². The van der Waals surface area contributed by atoms with E-state index in [0.29, 0.717) is 5.92 Å². The van der Waals surface area contributed by atoms with Gasteiger partial charge < -0.3 is 9.47 Å². The van der Waals surface area contributed by atoms with Crippen molar-refractivity contribution in [2.24, 2.45) is 5.92 Å². The molecule has 0 N–H and O–H groups in total. The van der Waals surface area contributed by atoms with E-state index in [9.17, 15) is 0 Å². The number of unbranched alkanes of at least 4 members (excludes halogenated alkanes) is 1. The lowest BCUT2D eigenvalue weighted by Crippen LogP contribution is -2.06. The summed E-state index contributed by atoms with van der Waals surface area (Å²) in [7, 11) is 3.48. The van der Waals surface area contributed by atoms with Crippen LogP contribution in [-0.2, 0) is 6.42 Å². The van der Waals surface area contributed by atoms with Gasteiger partial charge in [-0.2, -0.15) is 0 Å². The zero-order valence-corrected chi connectivity index (χ0v) is 15.9. The smallest absolute Gasteiger partial charge is 0.126 e. The lowest BCUT2D eigenvalue weighted by molar-refractivity contribution is 0.379. The van der Waals surface area contributed by atoms with E-state index in [0.717, 1.165) is 42.7 Å². The molecule has 2 nitrogen and oxygen atoms in total. The number of allylic oxidation sites excluding steroid dienone is 2. The lowest BCUT2D eigenvalue weighted by Gasteiger charge is -2.21. The number of rotatable bonds is 12. The van der Waals surface area contributed by atoms with Crippen molar-refractivity contribution in [2.75, 3.05) is 14.2 Å². The van der Waals surface area contributed by atoms with E-state index < -0.39 is 0 Å². The Bertz CT molecular complexity index is 494. The highest BCUT2D eigenvalue weighted by atomic mass is 16.5. The van der Waals surface area contributed by atoms with Crippen LogP contribution in [0.25, 0.3) is 0 Å². The second-order valence-electron chi connectivity index (χ2n) is 6.57. The van der Waals surface area contributed by atoms with Crippen LogP contribution < -0.4 is 9.47 Å². The van der Waals surface area contributed by atoms with Crippen LogP contribution in [0.3, 0.4) is 0 Å². The van der Waals surface area contributed by atoms with E-state index >= 15 is 0 Å². The molecule has 1 rings (SSSR count). The van der Waals surface area contributed by atoms with Gasteiger partial charge in [0.25, 0.3) is 0 Å². The minimum absolute atomic E-state index is 0.266. The van der Waals surface area contributed by atoms with Gasteiger partial charge >= 0.3 is 0 Å². The third-order valence-electron chi connectivity index (χ3n) is 4.58. The van der Waals surface area contributed by atoms with Crippen LogP contribution >= 0.6 is 0 Å². The van der Waals surface area contributed by atoms with Crippen molar-refractivity contribution in [3.63, 3.8) is 0 Å². The van der Waals surface area contributed by atoms with Gasteiger partial charge in [0.15, 0.2) is 0 Å². The highest BCUT2D eigenvalue weighted by molar-refractivity contribution is 5.51. The Kier molecular flexibility index (Phi) is 9.29. The van der Waals surface area contributed by atoms with Crippen molar-refractivity contribution in [3.8, 4) is 11.5 Å². The van der Waals surface area contributed by atoms with Crippen molar-refractivity contribution in [2.45, 2.75) is 58.3 Å². The fourth-order valence-corrected chi connectivity index (χ4v) is 3.19. The molecule has 24 heavy (non-hydrogen) atoms. The van der Waals surface area contributed by atoms with Crippen LogP contribution in [0.5, 0.6) is 11.5 Å². The van der Waals surface area contributed by atoms with Gasteiger partial charge in [-0.05, 0) is 49.3 Å². The minimum atomic E-state index is 0.266. The minimum Gasteiger partial charge on any atom is -0.496 e. The zero-order valence-electron chi connectivity index (χ0n) is 15.9. The molecule has 0 spiro atoms. The van der Waals surface area contributed by atoms with E-state index in [1.807, 2.05) is 12.2 Å². The Morgan fingerprint density at radius 3 is 2.17 bits per heavy atom. The number of ether oxygens (including phenoxy) is 2. The van der Waals surface area contributed by atoms with Gasteiger partial charge in [0, 0.05) is 11.5 Å². The lowest BCUT2D eigenvalue weighted by atomic mass is 9.89. The second-order valence-corrected chi connectivity index (χ2v) is 6.57. The number of hydrogen-bond donors (Lipinski definition) is 0. The molecule has 134 valence electrons. The SMILES string of the molecule is C=CCC[C@H](C)Cc1cc(OC)c([C@H](C=C)CCCC)c(OC)c1. The Labute approximate surface area is 148 Å². The molecule has 0 heterocycles. The summed E-state index contributed by atoms with van der Waals surface area (Å²) in [6.07, 6.45) is 10.7. The normalized spacial score (nSPS) is 13.2. The molecule has 1 aromatic rings. The molecule has 2 heteroatoms. The Balaban J connectivity index is 3.12. The predicted molar refractivity (Wildman–Crippen MR) is 104 cm³/mol. The molecule has 0 amide bonds. The first-order valence-corrected chi connectivity index (χ1v) is 9.09. The summed E-state index contributed by atoms with van der Waals surface area (Å²) in [4.78, 5) is 0. The van der Waals surface area contributed by atoms with E-state index in [1.165, 1.54) is 18.4 Å². The maximum atomic E-state index is 5.71. The molecule has 0 radical (unpaired) electrons. The fourth-order valence-electron chi connectivity index (χ4n) is 3.19. The fraction of sp³-hybridized carbons (Fsp3) is 0.545. The van der Waals surface area contributed by atoms with Gasteiger partial charge in [0.05, 0.1) is 14.2 Å². The Hall–Kier alpha value is -1.70. The molecule has 2 atom stereocenters. The molecular formula is C22H34O2. The highest BCUT2D eigenvalue weighted by Gasteiger charge is 2.20. The van der Waals surface area contributed by atoms with Crippen molar-refractivity contribution in [1.82, 2.24) is 0 Å². The Morgan fingerprint density at radius 2 is 1.71 bits per heavy atom. The molecule has 0 saturated carbocycles. The highest BCUT2D eigenvalue weighted by Crippen LogP contribution is 2.40. The van der Waals surface area contributed by atoms with E-state index in [4.69, 9.17) is 9.47 Å². The van der Waals surface area contributed by atoms with Crippen LogP contribution in [0, 0.1) is 5.92 Å². The maximum Gasteiger partial charge on any atom is 0.126 e. The van der Waals surface area contributed by atoms with Gasteiger partial charge in [-0.1, -0.05) is 38.8 Å². The topological polar surface area (TPSA) is 18.5 Å². The zero-order chi connectivity index (χ0) is 17.9. The summed E-state index contributed by atoms with van der Waals surface area (Å²) in [5.74, 6) is 2.71. The van der Waals surface area contributed by atoms with Crippen LogP contribution in [0.15, 0.2) is 37.4 Å². The van der Waals surface area contributed by atoms with Crippen LogP contribution in [-0.4, -0.2) is 14.2 Å². The van der Waals surface area contributed by atoms with Crippen molar-refractivity contribution >= 4 is 0 Å². The average Bonchev–Trinajstić information content (AvgIpc) is 2.60. The summed E-state index contributed by atoms with van der Waals surface area (Å²) in [5, 5.41) is 0. The monoisotopic (exact) mass is 330 g/mol. The van der Waals surface area contributed by atoms with Crippen LogP contribution in [0.1, 0.15) is 63.0 Å². The quantitative estimate of drug-likeness (QED) is 0.418. The second kappa shape index (κ2) is 11.0. The first-order valence-electron chi connectivity index (χ1n) is 9.09. The van der Waals surface area contributed by atoms with Gasteiger partial charge in [-0.3, -0.25) is 0 Å². The van der Waals surface area contributed by atoms with Crippen molar-refractivity contribution < 1.29 is 9.47 Å².